The summed E-state index contributed by atoms with van der Waals surface area (Å²) in [4.78, 5) is 48.7. The predicted molar refractivity (Wildman–Crippen MR) is 202 cm³/mol. The van der Waals surface area contributed by atoms with Gasteiger partial charge in [-0.25, -0.2) is 9.78 Å². The van der Waals surface area contributed by atoms with Crippen molar-refractivity contribution in [1.82, 2.24) is 34.2 Å². The van der Waals surface area contributed by atoms with Crippen LogP contribution in [0.3, 0.4) is 0 Å². The molecule has 1 saturated heterocycles. The summed E-state index contributed by atoms with van der Waals surface area (Å²) in [6, 6.07) is 12.4. The van der Waals surface area contributed by atoms with E-state index in [4.69, 9.17) is 16.6 Å². The van der Waals surface area contributed by atoms with Crippen molar-refractivity contribution in [1.29, 1.82) is 0 Å². The summed E-state index contributed by atoms with van der Waals surface area (Å²) in [5.41, 5.74) is 3.89. The van der Waals surface area contributed by atoms with Crippen LogP contribution in [0.2, 0.25) is 5.02 Å². The van der Waals surface area contributed by atoms with Gasteiger partial charge >= 0.3 is 5.69 Å². The molecule has 52 heavy (non-hydrogen) atoms. The Balaban J connectivity index is 1.000. The fourth-order valence-corrected chi connectivity index (χ4v) is 7.57. The van der Waals surface area contributed by atoms with E-state index in [-0.39, 0.29) is 23.5 Å². The van der Waals surface area contributed by atoms with E-state index >= 15 is 0 Å². The van der Waals surface area contributed by atoms with Crippen molar-refractivity contribution < 1.29 is 14.7 Å². The molecule has 14 nitrogen and oxygen atoms in total. The Labute approximate surface area is 306 Å². The van der Waals surface area contributed by atoms with Gasteiger partial charge in [-0.2, -0.15) is 10.1 Å². The van der Waals surface area contributed by atoms with Crippen molar-refractivity contribution in [2.24, 2.45) is 14.1 Å². The quantitative estimate of drug-likeness (QED) is 0.145. The minimum absolute atomic E-state index is 0.139. The maximum Gasteiger partial charge on any atom is 0.328 e. The van der Waals surface area contributed by atoms with E-state index in [0.717, 1.165) is 59.0 Å². The number of imide groups is 1. The number of nitrogens with zero attached hydrogens (tertiary/aromatic N) is 7. The second-order valence-corrected chi connectivity index (χ2v) is 15.2. The number of halogens is 1. The predicted octanol–water partition coefficient (Wildman–Crippen LogP) is 4.95. The highest BCUT2D eigenvalue weighted by Gasteiger charge is 2.32. The van der Waals surface area contributed by atoms with Gasteiger partial charge in [-0.3, -0.25) is 28.7 Å². The second-order valence-electron chi connectivity index (χ2n) is 14.8. The van der Waals surface area contributed by atoms with Crippen LogP contribution in [0, 0.1) is 0 Å². The van der Waals surface area contributed by atoms with Crippen molar-refractivity contribution in [3.63, 3.8) is 0 Å². The Bertz CT molecular complexity index is 2230. The van der Waals surface area contributed by atoms with Crippen LogP contribution < -0.4 is 26.5 Å². The molecule has 1 unspecified atom stereocenters. The smallest absolute Gasteiger partial charge is 0.328 e. The number of amides is 2. The van der Waals surface area contributed by atoms with Gasteiger partial charge in [0.05, 0.1) is 40.0 Å². The standard InChI is InChI=1S/C37H45ClN10O4/c1-37(2,52)16-17-48-30-19-23(9-14-28(30)46(4)36(48)51)41-33-27(38)20-39-35(43-33)45(3)24-10-6-21(7-11-24)40-22-8-12-25-29(18-22)47(5)44-32(25)26-13-15-31(49)42-34(26)50/h8-9,12,14,18-21,24,26,40,52H,6-7,10-11,13,15-17H2,1-5H3,(H,39,41,43)(H,42,49,50)/t21-,24+,26?. The van der Waals surface area contributed by atoms with Gasteiger partial charge in [-0.15, -0.1) is 0 Å². The largest absolute Gasteiger partial charge is 0.390 e. The average Bonchev–Trinajstić information content (AvgIpc) is 3.55. The molecule has 2 aromatic carbocycles. The first kappa shape index (κ1) is 35.5. The summed E-state index contributed by atoms with van der Waals surface area (Å²) < 4.78 is 5.10. The van der Waals surface area contributed by atoms with Gasteiger partial charge in [-0.1, -0.05) is 11.6 Å². The van der Waals surface area contributed by atoms with Crippen LogP contribution in [0.1, 0.15) is 70.4 Å². The summed E-state index contributed by atoms with van der Waals surface area (Å²) in [6.45, 7) is 3.86. The van der Waals surface area contributed by atoms with E-state index in [1.54, 1.807) is 40.9 Å². The van der Waals surface area contributed by atoms with Gasteiger partial charge in [0.1, 0.15) is 5.02 Å². The van der Waals surface area contributed by atoms with Crippen molar-refractivity contribution in [3.8, 4) is 0 Å². The molecule has 2 fully saturated rings. The molecular weight excluding hydrogens is 684 g/mol. The monoisotopic (exact) mass is 728 g/mol. The van der Waals surface area contributed by atoms with Gasteiger partial charge in [0.25, 0.3) is 0 Å². The first-order valence-corrected chi connectivity index (χ1v) is 18.1. The van der Waals surface area contributed by atoms with Gasteiger partial charge in [-0.05, 0) is 88.8 Å². The maximum absolute atomic E-state index is 13.0. The first-order valence-electron chi connectivity index (χ1n) is 17.8. The number of benzene rings is 2. The van der Waals surface area contributed by atoms with Crippen LogP contribution in [-0.2, 0) is 30.2 Å². The van der Waals surface area contributed by atoms with Gasteiger partial charge in [0.2, 0.25) is 17.8 Å². The number of piperidine rings is 1. The molecule has 5 aromatic rings. The molecule has 1 saturated carbocycles. The Hall–Kier alpha value is -4.95. The van der Waals surface area contributed by atoms with Crippen LogP contribution in [0.25, 0.3) is 21.9 Å². The number of fused-ring (bicyclic) bond motifs is 2. The molecule has 0 bridgehead atoms. The molecular formula is C37H45ClN10O4. The van der Waals surface area contributed by atoms with Crippen LogP contribution >= 0.6 is 11.6 Å². The number of aliphatic hydroxyl groups is 1. The van der Waals surface area contributed by atoms with E-state index in [2.05, 4.69) is 37.0 Å². The third-order valence-corrected chi connectivity index (χ3v) is 10.7. The Morgan fingerprint density at radius 2 is 1.73 bits per heavy atom. The number of imidazole rings is 1. The molecule has 274 valence electrons. The number of hydrogen-bond donors (Lipinski definition) is 4. The van der Waals surface area contributed by atoms with E-state index in [0.29, 0.717) is 54.3 Å². The number of anilines is 4. The highest BCUT2D eigenvalue weighted by atomic mass is 35.5. The average molecular weight is 729 g/mol. The first-order chi connectivity index (χ1) is 24.8. The summed E-state index contributed by atoms with van der Waals surface area (Å²) in [6.07, 6.45) is 6.65. The van der Waals surface area contributed by atoms with Crippen LogP contribution in [0.15, 0.2) is 47.4 Å². The normalized spacial score (nSPS) is 19.6. The molecule has 4 N–H and O–H groups in total. The molecule has 1 atom stereocenters. The van der Waals surface area contributed by atoms with Gasteiger partial charge in [0, 0.05) is 63.0 Å². The molecule has 1 aliphatic carbocycles. The second kappa shape index (κ2) is 13.9. The topological polar surface area (TPSA) is 164 Å². The van der Waals surface area contributed by atoms with Gasteiger partial charge < -0.3 is 20.6 Å². The van der Waals surface area contributed by atoms with Crippen LogP contribution in [0.5, 0.6) is 0 Å². The zero-order valence-corrected chi connectivity index (χ0v) is 30.9. The van der Waals surface area contributed by atoms with Crippen molar-refractivity contribution in [2.75, 3.05) is 22.6 Å². The summed E-state index contributed by atoms with van der Waals surface area (Å²) in [5, 5.41) is 25.7. The highest BCUT2D eigenvalue weighted by molar-refractivity contribution is 6.33. The SMILES string of the molecule is Cn1nc(C2CCC(=O)NC2=O)c2ccc(N[C@H]3CC[C@@H](N(C)c4ncc(Cl)c(Nc5ccc6c(c5)n(CCC(C)(C)O)c(=O)n6C)n4)CC3)cc21. The summed E-state index contributed by atoms with van der Waals surface area (Å²) in [7, 11) is 5.64. The number of hydrogen-bond acceptors (Lipinski definition) is 10. The number of aromatic nitrogens is 6. The molecule has 3 aromatic heterocycles. The maximum atomic E-state index is 13.0. The number of aryl methyl sites for hydroxylation is 3. The fourth-order valence-electron chi connectivity index (χ4n) is 7.44. The Morgan fingerprint density at radius 3 is 2.46 bits per heavy atom. The molecule has 4 heterocycles. The van der Waals surface area contributed by atoms with E-state index in [1.807, 2.05) is 44.4 Å². The van der Waals surface area contributed by atoms with Crippen molar-refractivity contribution in [2.45, 2.75) is 88.9 Å². The number of carbonyl (C=O) groups is 2. The van der Waals surface area contributed by atoms with E-state index in [1.165, 1.54) is 0 Å². The van der Waals surface area contributed by atoms with Gasteiger partial charge in [0.15, 0.2) is 5.82 Å². The molecule has 2 amide bonds. The number of rotatable bonds is 10. The summed E-state index contributed by atoms with van der Waals surface area (Å²) in [5.74, 6) is 0.0948. The molecule has 1 aliphatic heterocycles. The van der Waals surface area contributed by atoms with Crippen LogP contribution in [0.4, 0.5) is 23.1 Å². The fraction of sp³-hybridized carbons (Fsp3) is 0.459. The lowest BCUT2D eigenvalue weighted by Crippen LogP contribution is -2.39. The lowest BCUT2D eigenvalue weighted by Gasteiger charge is -2.35. The third kappa shape index (κ3) is 7.09. The Kier molecular flexibility index (Phi) is 9.46. The lowest BCUT2D eigenvalue weighted by molar-refractivity contribution is -0.134. The molecule has 7 rings (SSSR count). The molecule has 0 spiro atoms. The zero-order valence-electron chi connectivity index (χ0n) is 30.1. The highest BCUT2D eigenvalue weighted by Crippen LogP contribution is 2.34. The zero-order chi connectivity index (χ0) is 36.9. The number of nitrogens with one attached hydrogen (secondary N) is 3. The minimum atomic E-state index is -0.897. The number of carbonyl (C=O) groups excluding carboxylic acids is 2. The van der Waals surface area contributed by atoms with E-state index < -0.39 is 11.5 Å². The Morgan fingerprint density at radius 1 is 1.00 bits per heavy atom. The lowest BCUT2D eigenvalue weighted by atomic mass is 9.90. The molecule has 2 aliphatic rings. The van der Waals surface area contributed by atoms with Crippen molar-refractivity contribution >= 4 is 68.5 Å². The minimum Gasteiger partial charge on any atom is -0.390 e. The van der Waals surface area contributed by atoms with E-state index in [9.17, 15) is 19.5 Å². The molecule has 0 radical (unpaired) electrons. The van der Waals surface area contributed by atoms with Crippen molar-refractivity contribution in [3.05, 3.63) is 63.8 Å². The van der Waals surface area contributed by atoms with Crippen LogP contribution in [-0.4, -0.2) is 70.5 Å². The third-order valence-electron chi connectivity index (χ3n) is 10.5. The summed E-state index contributed by atoms with van der Waals surface area (Å²) >= 11 is 6.57. The molecule has 15 heteroatoms.